The first-order chi connectivity index (χ1) is 19.0. The van der Waals surface area contributed by atoms with Gasteiger partial charge in [-0.15, -0.1) is 0 Å². The van der Waals surface area contributed by atoms with Gasteiger partial charge in [0.05, 0.1) is 12.5 Å². The molecule has 3 atom stereocenters. The normalized spacial score (nSPS) is 13.6. The van der Waals surface area contributed by atoms with Crippen LogP contribution in [0.2, 0.25) is 0 Å². The van der Waals surface area contributed by atoms with Gasteiger partial charge in [-0.05, 0) is 72.9 Å². The van der Waals surface area contributed by atoms with Crippen molar-refractivity contribution in [3.63, 3.8) is 0 Å². The van der Waals surface area contributed by atoms with E-state index in [1.807, 2.05) is 58.0 Å². The molecule has 0 saturated carbocycles. The summed E-state index contributed by atoms with van der Waals surface area (Å²) in [7, 11) is 0. The zero-order valence-corrected chi connectivity index (χ0v) is 24.1. The third-order valence-corrected chi connectivity index (χ3v) is 7.12. The second-order valence-corrected chi connectivity index (χ2v) is 11.5. The Bertz CT molecular complexity index is 1300. The fourth-order valence-corrected chi connectivity index (χ4v) is 4.88. The summed E-state index contributed by atoms with van der Waals surface area (Å²) in [6.45, 7) is 9.57. The minimum atomic E-state index is -1.04. The Hall–Kier alpha value is -4.00. The van der Waals surface area contributed by atoms with Gasteiger partial charge < -0.3 is 15.7 Å². The number of nitrogens with zero attached hydrogens (tertiary/aromatic N) is 1. The van der Waals surface area contributed by atoms with Gasteiger partial charge in [0.25, 0.3) is 0 Å². The fraction of sp³-hybridized carbons (Fsp3) is 0.394. The summed E-state index contributed by atoms with van der Waals surface area (Å²) in [5, 5.41) is 15.4. The molecule has 1 heterocycles. The minimum Gasteiger partial charge on any atom is -0.481 e. The van der Waals surface area contributed by atoms with Gasteiger partial charge in [0.15, 0.2) is 0 Å². The smallest absolute Gasteiger partial charge is 0.304 e. The fourth-order valence-electron chi connectivity index (χ4n) is 4.88. The Kier molecular flexibility index (Phi) is 10.6. The summed E-state index contributed by atoms with van der Waals surface area (Å²) in [6.07, 6.45) is 4.77. The summed E-state index contributed by atoms with van der Waals surface area (Å²) < 4.78 is 0. The summed E-state index contributed by atoms with van der Waals surface area (Å²) in [5.41, 5.74) is 4.92. The van der Waals surface area contributed by atoms with Crippen LogP contribution in [0.3, 0.4) is 0 Å². The maximum Gasteiger partial charge on any atom is 0.304 e. The van der Waals surface area contributed by atoms with Crippen molar-refractivity contribution < 1.29 is 19.5 Å². The maximum atomic E-state index is 13.4. The van der Waals surface area contributed by atoms with Crippen LogP contribution in [-0.2, 0) is 20.8 Å². The quantitative estimate of drug-likeness (QED) is 0.264. The zero-order chi connectivity index (χ0) is 29.3. The van der Waals surface area contributed by atoms with Crippen LogP contribution in [0.1, 0.15) is 69.7 Å². The molecule has 7 nitrogen and oxygen atoms in total. The highest BCUT2D eigenvalue weighted by Crippen LogP contribution is 2.27. The maximum absolute atomic E-state index is 13.4. The van der Waals surface area contributed by atoms with Gasteiger partial charge in [-0.3, -0.25) is 19.4 Å². The van der Waals surface area contributed by atoms with Crippen LogP contribution in [0, 0.1) is 18.3 Å². The predicted octanol–water partition coefficient (Wildman–Crippen LogP) is 5.88. The molecule has 0 spiro atoms. The van der Waals surface area contributed by atoms with E-state index in [1.165, 1.54) is 5.56 Å². The second kappa shape index (κ2) is 13.9. The number of hydrogen-bond acceptors (Lipinski definition) is 4. The number of carboxylic acids is 1. The molecule has 0 aliphatic rings. The molecule has 1 aromatic heterocycles. The summed E-state index contributed by atoms with van der Waals surface area (Å²) >= 11 is 0. The Morgan fingerprint density at radius 2 is 1.62 bits per heavy atom. The van der Waals surface area contributed by atoms with E-state index < -0.39 is 29.3 Å². The number of hydrogen-bond donors (Lipinski definition) is 3. The summed E-state index contributed by atoms with van der Waals surface area (Å²) in [5.74, 6) is -2.52. The molecule has 2 amide bonds. The highest BCUT2D eigenvalue weighted by atomic mass is 16.4. The molecule has 0 radical (unpaired) electrons. The molecular formula is C33H41N3O4. The Morgan fingerprint density at radius 3 is 2.27 bits per heavy atom. The number of benzene rings is 2. The number of carbonyl (C=O) groups is 3. The molecule has 3 rings (SSSR count). The van der Waals surface area contributed by atoms with Gasteiger partial charge >= 0.3 is 5.97 Å². The lowest BCUT2D eigenvalue weighted by atomic mass is 9.85. The lowest BCUT2D eigenvalue weighted by Crippen LogP contribution is -2.55. The molecule has 3 N–H and O–H groups in total. The van der Waals surface area contributed by atoms with E-state index in [4.69, 9.17) is 0 Å². The van der Waals surface area contributed by atoms with E-state index in [0.29, 0.717) is 19.3 Å². The monoisotopic (exact) mass is 543 g/mol. The van der Waals surface area contributed by atoms with Crippen LogP contribution in [0.15, 0.2) is 73.1 Å². The number of rotatable bonds is 12. The van der Waals surface area contributed by atoms with E-state index in [-0.39, 0.29) is 18.4 Å². The largest absolute Gasteiger partial charge is 0.481 e. The van der Waals surface area contributed by atoms with Crippen molar-refractivity contribution in [3.05, 3.63) is 89.7 Å². The van der Waals surface area contributed by atoms with E-state index in [2.05, 4.69) is 52.9 Å². The molecule has 0 aliphatic carbocycles. The van der Waals surface area contributed by atoms with Crippen molar-refractivity contribution in [3.8, 4) is 11.1 Å². The van der Waals surface area contributed by atoms with Crippen LogP contribution >= 0.6 is 0 Å². The van der Waals surface area contributed by atoms with Crippen molar-refractivity contribution in [2.45, 2.75) is 72.4 Å². The average Bonchev–Trinajstić information content (AvgIpc) is 2.90. The Balaban J connectivity index is 1.70. The molecule has 0 aliphatic heterocycles. The number of amides is 2. The van der Waals surface area contributed by atoms with Crippen molar-refractivity contribution in [1.29, 1.82) is 0 Å². The third kappa shape index (κ3) is 8.76. The molecule has 2 aromatic carbocycles. The highest BCUT2D eigenvalue weighted by molar-refractivity contribution is 5.90. The van der Waals surface area contributed by atoms with Crippen LogP contribution in [0.4, 0.5) is 0 Å². The first-order valence-electron chi connectivity index (χ1n) is 13.8. The predicted molar refractivity (Wildman–Crippen MR) is 157 cm³/mol. The number of aliphatic carboxylic acids is 1. The van der Waals surface area contributed by atoms with Crippen LogP contribution in [0.5, 0.6) is 0 Å². The van der Waals surface area contributed by atoms with Gasteiger partial charge in [0, 0.05) is 18.3 Å². The van der Waals surface area contributed by atoms with E-state index in [9.17, 15) is 19.5 Å². The number of pyridine rings is 1. The molecule has 3 aromatic rings. The van der Waals surface area contributed by atoms with Gasteiger partial charge in [-0.25, -0.2) is 0 Å². The van der Waals surface area contributed by atoms with E-state index >= 15 is 0 Å². The average molecular weight is 544 g/mol. The molecule has 40 heavy (non-hydrogen) atoms. The molecular weight excluding hydrogens is 502 g/mol. The van der Waals surface area contributed by atoms with Gasteiger partial charge in [-0.2, -0.15) is 0 Å². The van der Waals surface area contributed by atoms with Crippen molar-refractivity contribution in [2.24, 2.45) is 11.3 Å². The number of aromatic nitrogens is 1. The molecule has 3 unspecified atom stereocenters. The molecule has 7 heteroatoms. The van der Waals surface area contributed by atoms with Gasteiger partial charge in [0.2, 0.25) is 11.8 Å². The van der Waals surface area contributed by atoms with Crippen molar-refractivity contribution >= 4 is 17.8 Å². The van der Waals surface area contributed by atoms with E-state index in [0.717, 1.165) is 22.3 Å². The van der Waals surface area contributed by atoms with Crippen LogP contribution in [-0.4, -0.2) is 33.9 Å². The van der Waals surface area contributed by atoms with E-state index in [1.54, 1.807) is 12.4 Å². The third-order valence-electron chi connectivity index (χ3n) is 7.12. The summed E-state index contributed by atoms with van der Waals surface area (Å²) in [6, 6.07) is 19.0. The molecule has 0 fully saturated rings. The SMILES string of the molecule is Cc1cccc(-c2ccccc2CCCC(CC(=O)O)C(=O)NC(C(=O)NC(C)c2ccncc2)C(C)(C)C)c1. The van der Waals surface area contributed by atoms with Crippen LogP contribution < -0.4 is 10.6 Å². The first kappa shape index (κ1) is 30.5. The van der Waals surface area contributed by atoms with Gasteiger partial charge in [0.1, 0.15) is 6.04 Å². The zero-order valence-electron chi connectivity index (χ0n) is 24.1. The lowest BCUT2D eigenvalue weighted by Gasteiger charge is -2.32. The van der Waals surface area contributed by atoms with Crippen molar-refractivity contribution in [1.82, 2.24) is 15.6 Å². The Morgan fingerprint density at radius 1 is 0.925 bits per heavy atom. The first-order valence-corrected chi connectivity index (χ1v) is 13.8. The van der Waals surface area contributed by atoms with Crippen molar-refractivity contribution in [2.75, 3.05) is 0 Å². The standard InChI is InChI=1S/C33H41N3O4/c1-22-10-8-13-26(20-22)28-15-7-6-11-25(28)12-9-14-27(21-29(37)38)31(39)36-30(33(3,4)5)32(40)35-23(2)24-16-18-34-19-17-24/h6-8,10-11,13,15-20,23,27,30H,9,12,14,21H2,1-5H3,(H,35,40)(H,36,39)(H,37,38). The second-order valence-electron chi connectivity index (χ2n) is 11.5. The number of aryl methyl sites for hydroxylation is 2. The van der Waals surface area contributed by atoms with Gasteiger partial charge in [-0.1, -0.05) is 74.9 Å². The number of carbonyl (C=O) groups excluding carboxylic acids is 2. The highest BCUT2D eigenvalue weighted by Gasteiger charge is 2.35. The van der Waals surface area contributed by atoms with Crippen LogP contribution in [0.25, 0.3) is 11.1 Å². The Labute approximate surface area is 237 Å². The lowest BCUT2D eigenvalue weighted by molar-refractivity contribution is -0.142. The molecule has 0 bridgehead atoms. The minimum absolute atomic E-state index is 0.277. The molecule has 212 valence electrons. The number of nitrogens with one attached hydrogen (secondary N) is 2. The molecule has 0 saturated heterocycles. The topological polar surface area (TPSA) is 108 Å². The summed E-state index contributed by atoms with van der Waals surface area (Å²) in [4.78, 5) is 42.4. The number of carboxylic acid groups (broad SMARTS) is 1.